The molecular formula is C9H8N2O2S. The summed E-state index contributed by atoms with van der Waals surface area (Å²) in [5, 5.41) is 11.5. The fraction of sp³-hybridized carbons (Fsp3) is 0.111. The molecule has 0 saturated carbocycles. The van der Waals surface area contributed by atoms with Crippen LogP contribution in [0.15, 0.2) is 29.3 Å². The molecule has 0 amide bonds. The number of nitro benzene ring substituents is 1. The van der Waals surface area contributed by atoms with Crippen LogP contribution in [0.4, 0.5) is 5.69 Å². The molecule has 0 unspecified atom stereocenters. The summed E-state index contributed by atoms with van der Waals surface area (Å²) in [5.41, 5.74) is 0.926. The average molecular weight is 208 g/mol. The van der Waals surface area contributed by atoms with Crippen LogP contribution in [-0.2, 0) is 0 Å². The van der Waals surface area contributed by atoms with Gasteiger partial charge >= 0.3 is 0 Å². The Balaban J connectivity index is 2.63. The van der Waals surface area contributed by atoms with Crippen molar-refractivity contribution < 1.29 is 4.92 Å². The monoisotopic (exact) mass is 208 g/mol. The third-order valence-electron chi connectivity index (χ3n) is 2.06. The van der Waals surface area contributed by atoms with Crippen molar-refractivity contribution in [3.63, 3.8) is 0 Å². The number of nitrogens with one attached hydrogen (secondary N) is 1. The lowest BCUT2D eigenvalue weighted by molar-refractivity contribution is -0.384. The van der Waals surface area contributed by atoms with E-state index in [2.05, 4.69) is 4.98 Å². The van der Waals surface area contributed by atoms with Crippen LogP contribution in [0.25, 0.3) is 10.9 Å². The van der Waals surface area contributed by atoms with Gasteiger partial charge in [-0.05, 0) is 12.3 Å². The Hall–Kier alpha value is -1.49. The van der Waals surface area contributed by atoms with Crippen molar-refractivity contribution >= 4 is 28.4 Å². The molecule has 2 rings (SSSR count). The molecule has 14 heavy (non-hydrogen) atoms. The number of thioether (sulfide) groups is 1. The molecule has 1 aromatic heterocycles. The maximum absolute atomic E-state index is 10.5. The number of benzene rings is 1. The minimum atomic E-state index is -0.390. The van der Waals surface area contributed by atoms with Gasteiger partial charge in [-0.2, -0.15) is 0 Å². The highest BCUT2D eigenvalue weighted by atomic mass is 32.2. The molecule has 1 heterocycles. The maximum Gasteiger partial charge on any atom is 0.271 e. The largest absolute Gasteiger partial charge is 0.360 e. The Morgan fingerprint density at radius 1 is 1.50 bits per heavy atom. The first kappa shape index (κ1) is 9.08. The van der Waals surface area contributed by atoms with Gasteiger partial charge in [0.25, 0.3) is 5.69 Å². The molecule has 2 aromatic rings. The number of aromatic nitrogens is 1. The summed E-state index contributed by atoms with van der Waals surface area (Å²) >= 11 is 1.62. The number of nitrogens with zero attached hydrogens (tertiary/aromatic N) is 1. The second-order valence-electron chi connectivity index (χ2n) is 2.84. The molecule has 0 saturated heterocycles. The van der Waals surface area contributed by atoms with Crippen LogP contribution >= 0.6 is 11.8 Å². The van der Waals surface area contributed by atoms with Crippen LogP contribution in [-0.4, -0.2) is 16.2 Å². The number of nitro groups is 1. The molecule has 1 aromatic carbocycles. The molecule has 0 aliphatic heterocycles. The van der Waals surface area contributed by atoms with E-state index in [-0.39, 0.29) is 10.6 Å². The lowest BCUT2D eigenvalue weighted by atomic mass is 10.2. The first-order chi connectivity index (χ1) is 6.72. The Bertz CT molecular complexity index is 493. The zero-order valence-electron chi connectivity index (χ0n) is 7.48. The molecular weight excluding hydrogens is 200 g/mol. The predicted octanol–water partition coefficient (Wildman–Crippen LogP) is 2.80. The molecule has 0 aliphatic rings. The number of H-pyrrole nitrogens is 1. The van der Waals surface area contributed by atoms with Crippen molar-refractivity contribution in [1.82, 2.24) is 4.98 Å². The Kier molecular flexibility index (Phi) is 2.17. The first-order valence-electron chi connectivity index (χ1n) is 4.02. The standard InChI is InChI=1S/C9H8N2O2S/c1-14-9-5-10-8-4-6(11(12)13)2-3-7(8)9/h2-5,10H,1H3. The van der Waals surface area contributed by atoms with Gasteiger partial charge in [0.15, 0.2) is 0 Å². The van der Waals surface area contributed by atoms with Crippen LogP contribution in [0.1, 0.15) is 0 Å². The lowest BCUT2D eigenvalue weighted by Crippen LogP contribution is -1.86. The van der Waals surface area contributed by atoms with Gasteiger partial charge in [0.1, 0.15) is 0 Å². The third-order valence-corrected chi connectivity index (χ3v) is 2.84. The highest BCUT2D eigenvalue weighted by Gasteiger charge is 2.08. The molecule has 4 nitrogen and oxygen atoms in total. The second-order valence-corrected chi connectivity index (χ2v) is 3.69. The van der Waals surface area contributed by atoms with E-state index < -0.39 is 0 Å². The number of fused-ring (bicyclic) bond motifs is 1. The topological polar surface area (TPSA) is 58.9 Å². The van der Waals surface area contributed by atoms with Crippen LogP contribution in [0.2, 0.25) is 0 Å². The minimum Gasteiger partial charge on any atom is -0.360 e. The van der Waals surface area contributed by atoms with Gasteiger partial charge in [0, 0.05) is 28.6 Å². The number of hydrogen-bond donors (Lipinski definition) is 1. The van der Waals surface area contributed by atoms with E-state index in [9.17, 15) is 10.1 Å². The summed E-state index contributed by atoms with van der Waals surface area (Å²) in [4.78, 5) is 14.2. The summed E-state index contributed by atoms with van der Waals surface area (Å²) in [7, 11) is 0. The highest BCUT2D eigenvalue weighted by Crippen LogP contribution is 2.28. The summed E-state index contributed by atoms with van der Waals surface area (Å²) in [6.07, 6.45) is 3.84. The number of rotatable bonds is 2. The van der Waals surface area contributed by atoms with Crippen LogP contribution < -0.4 is 0 Å². The van der Waals surface area contributed by atoms with Crippen molar-refractivity contribution in [1.29, 1.82) is 0 Å². The SMILES string of the molecule is CSc1c[nH]c2cc([N+](=O)[O-])ccc12. The minimum absolute atomic E-state index is 0.118. The molecule has 1 N–H and O–H groups in total. The van der Waals surface area contributed by atoms with Crippen molar-refractivity contribution in [2.75, 3.05) is 6.26 Å². The van der Waals surface area contributed by atoms with Gasteiger partial charge in [-0.25, -0.2) is 0 Å². The summed E-state index contributed by atoms with van der Waals surface area (Å²) in [6, 6.07) is 4.85. The fourth-order valence-electron chi connectivity index (χ4n) is 1.37. The molecule has 0 fully saturated rings. The summed E-state index contributed by atoms with van der Waals surface area (Å²) in [5.74, 6) is 0. The van der Waals surface area contributed by atoms with Gasteiger partial charge in [-0.15, -0.1) is 11.8 Å². The molecule has 0 atom stereocenters. The van der Waals surface area contributed by atoms with Crippen molar-refractivity contribution in [2.45, 2.75) is 4.90 Å². The van der Waals surface area contributed by atoms with E-state index >= 15 is 0 Å². The smallest absolute Gasteiger partial charge is 0.271 e. The van der Waals surface area contributed by atoms with Gasteiger partial charge in [-0.3, -0.25) is 10.1 Å². The van der Waals surface area contributed by atoms with Crippen LogP contribution in [0.3, 0.4) is 0 Å². The molecule has 72 valence electrons. The first-order valence-corrected chi connectivity index (χ1v) is 5.24. The van der Waals surface area contributed by atoms with E-state index in [1.165, 1.54) is 6.07 Å². The van der Waals surface area contributed by atoms with Crippen molar-refractivity contribution in [3.8, 4) is 0 Å². The van der Waals surface area contributed by atoms with Crippen molar-refractivity contribution in [3.05, 3.63) is 34.5 Å². The van der Waals surface area contributed by atoms with E-state index in [4.69, 9.17) is 0 Å². The average Bonchev–Trinajstić information content (AvgIpc) is 2.59. The lowest BCUT2D eigenvalue weighted by Gasteiger charge is -1.93. The third kappa shape index (κ3) is 1.35. The van der Waals surface area contributed by atoms with Gasteiger partial charge < -0.3 is 4.98 Å². The Labute approximate surface area is 84.5 Å². The van der Waals surface area contributed by atoms with E-state index in [1.807, 2.05) is 12.5 Å². The Morgan fingerprint density at radius 2 is 2.29 bits per heavy atom. The molecule has 0 aliphatic carbocycles. The predicted molar refractivity (Wildman–Crippen MR) is 56.7 cm³/mol. The summed E-state index contributed by atoms with van der Waals surface area (Å²) in [6.45, 7) is 0. The molecule has 0 radical (unpaired) electrons. The zero-order valence-corrected chi connectivity index (χ0v) is 8.30. The highest BCUT2D eigenvalue weighted by molar-refractivity contribution is 7.98. The number of aromatic amines is 1. The zero-order chi connectivity index (χ0) is 10.1. The van der Waals surface area contributed by atoms with Gasteiger partial charge in [0.2, 0.25) is 0 Å². The van der Waals surface area contributed by atoms with E-state index in [0.717, 1.165) is 15.8 Å². The van der Waals surface area contributed by atoms with E-state index in [1.54, 1.807) is 23.9 Å². The van der Waals surface area contributed by atoms with Gasteiger partial charge in [-0.1, -0.05) is 0 Å². The van der Waals surface area contributed by atoms with Crippen LogP contribution in [0, 0.1) is 10.1 Å². The van der Waals surface area contributed by atoms with Crippen LogP contribution in [0.5, 0.6) is 0 Å². The Morgan fingerprint density at radius 3 is 2.93 bits per heavy atom. The maximum atomic E-state index is 10.5. The molecule has 0 spiro atoms. The molecule has 0 bridgehead atoms. The normalized spacial score (nSPS) is 10.6. The van der Waals surface area contributed by atoms with Crippen molar-refractivity contribution in [2.24, 2.45) is 0 Å². The fourth-order valence-corrected chi connectivity index (χ4v) is 1.94. The number of non-ortho nitro benzene ring substituents is 1. The van der Waals surface area contributed by atoms with E-state index in [0.29, 0.717) is 0 Å². The quantitative estimate of drug-likeness (QED) is 0.469. The molecule has 5 heteroatoms. The number of hydrogen-bond acceptors (Lipinski definition) is 3. The summed E-state index contributed by atoms with van der Waals surface area (Å²) < 4.78 is 0. The van der Waals surface area contributed by atoms with Gasteiger partial charge in [0.05, 0.1) is 10.4 Å². The second kappa shape index (κ2) is 3.34.